The number of halogens is 1. The number of furan rings is 1. The van der Waals surface area contributed by atoms with E-state index >= 15 is 0 Å². The Hall–Kier alpha value is -2.80. The Balaban J connectivity index is 1.70. The first kappa shape index (κ1) is 16.1. The highest BCUT2D eigenvalue weighted by Gasteiger charge is 2.09. The van der Waals surface area contributed by atoms with Gasteiger partial charge < -0.3 is 14.5 Å². The Morgan fingerprint density at radius 1 is 1.38 bits per heavy atom. The molecule has 0 saturated carbocycles. The van der Waals surface area contributed by atoms with Crippen molar-refractivity contribution in [1.29, 1.82) is 0 Å². The molecule has 8 heteroatoms. The molecule has 0 unspecified atom stereocenters. The van der Waals surface area contributed by atoms with Gasteiger partial charge in [0.05, 0.1) is 25.2 Å². The summed E-state index contributed by atoms with van der Waals surface area (Å²) in [6.07, 6.45) is 1.72. The Labute approximate surface area is 143 Å². The van der Waals surface area contributed by atoms with Crippen LogP contribution in [0.2, 0.25) is 5.02 Å². The average molecular weight is 346 g/mol. The van der Waals surface area contributed by atoms with Gasteiger partial charge in [0.2, 0.25) is 5.95 Å². The highest BCUT2D eigenvalue weighted by atomic mass is 35.5. The predicted molar refractivity (Wildman–Crippen MR) is 91.0 cm³/mol. The molecule has 0 saturated heterocycles. The molecule has 1 N–H and O–H groups in total. The third-order valence-corrected chi connectivity index (χ3v) is 3.65. The zero-order chi connectivity index (χ0) is 16.9. The monoisotopic (exact) mass is 345 g/mol. The van der Waals surface area contributed by atoms with Gasteiger partial charge in [-0.05, 0) is 40.8 Å². The summed E-state index contributed by atoms with van der Waals surface area (Å²) in [5.74, 6) is 2.66. The number of hydrogen-bond donors (Lipinski definition) is 1. The topological polar surface area (TPSA) is 78.0 Å². The van der Waals surface area contributed by atoms with Crippen molar-refractivity contribution in [3.8, 4) is 17.1 Å². The van der Waals surface area contributed by atoms with Crippen LogP contribution in [0, 0.1) is 0 Å². The van der Waals surface area contributed by atoms with Crippen LogP contribution in [-0.4, -0.2) is 27.3 Å². The first-order chi connectivity index (χ1) is 11.7. The lowest BCUT2D eigenvalue weighted by molar-refractivity contribution is 0.415. The molecule has 1 aromatic carbocycles. The number of ether oxygens (including phenoxy) is 1. The Kier molecular flexibility index (Phi) is 4.81. The molecule has 0 spiro atoms. The fraction of sp³-hybridized carbons (Fsp3) is 0.188. The molecule has 0 bridgehead atoms. The van der Waals surface area contributed by atoms with Crippen molar-refractivity contribution in [2.75, 3.05) is 12.4 Å². The minimum Gasteiger partial charge on any atom is -0.495 e. The summed E-state index contributed by atoms with van der Waals surface area (Å²) in [4.78, 5) is 0. The van der Waals surface area contributed by atoms with E-state index in [1.54, 1.807) is 23.9 Å². The van der Waals surface area contributed by atoms with Crippen molar-refractivity contribution in [3.05, 3.63) is 53.8 Å². The van der Waals surface area contributed by atoms with Gasteiger partial charge in [0.1, 0.15) is 17.3 Å². The highest BCUT2D eigenvalue weighted by Crippen LogP contribution is 2.31. The van der Waals surface area contributed by atoms with Gasteiger partial charge in [-0.15, -0.1) is 6.58 Å². The van der Waals surface area contributed by atoms with Crippen molar-refractivity contribution >= 4 is 17.5 Å². The van der Waals surface area contributed by atoms with Gasteiger partial charge in [-0.2, -0.15) is 0 Å². The molecule has 0 aliphatic carbocycles. The number of aromatic nitrogens is 4. The molecule has 0 aliphatic rings. The van der Waals surface area contributed by atoms with Crippen LogP contribution in [0.1, 0.15) is 5.76 Å². The fourth-order valence-electron chi connectivity index (χ4n) is 2.19. The molecule has 124 valence electrons. The van der Waals surface area contributed by atoms with Crippen LogP contribution in [0.15, 0.2) is 47.4 Å². The van der Waals surface area contributed by atoms with Gasteiger partial charge in [0.25, 0.3) is 0 Å². The van der Waals surface area contributed by atoms with Crippen molar-refractivity contribution < 1.29 is 9.15 Å². The second-order valence-corrected chi connectivity index (χ2v) is 5.35. The Morgan fingerprint density at radius 2 is 2.25 bits per heavy atom. The minimum atomic E-state index is 0.460. The third kappa shape index (κ3) is 3.41. The van der Waals surface area contributed by atoms with E-state index in [0.717, 1.165) is 17.1 Å². The van der Waals surface area contributed by atoms with Crippen molar-refractivity contribution in [1.82, 2.24) is 20.2 Å². The molecule has 7 nitrogen and oxygen atoms in total. The first-order valence-corrected chi connectivity index (χ1v) is 7.62. The number of hydrogen-bond acceptors (Lipinski definition) is 6. The van der Waals surface area contributed by atoms with Crippen LogP contribution >= 0.6 is 11.6 Å². The lowest BCUT2D eigenvalue weighted by Gasteiger charge is -2.05. The van der Waals surface area contributed by atoms with Crippen LogP contribution in [0.5, 0.6) is 5.75 Å². The summed E-state index contributed by atoms with van der Waals surface area (Å²) in [6.45, 7) is 4.66. The van der Waals surface area contributed by atoms with Gasteiger partial charge in [-0.3, -0.25) is 0 Å². The molecule has 0 amide bonds. The summed E-state index contributed by atoms with van der Waals surface area (Å²) in [5, 5.41) is 15.1. The molecule has 0 aliphatic heterocycles. The van der Waals surface area contributed by atoms with E-state index < -0.39 is 0 Å². The summed E-state index contributed by atoms with van der Waals surface area (Å²) >= 11 is 6.15. The lowest BCUT2D eigenvalue weighted by Crippen LogP contribution is -2.07. The molecule has 2 heterocycles. The maximum atomic E-state index is 6.15. The molecule has 24 heavy (non-hydrogen) atoms. The van der Waals surface area contributed by atoms with Crippen molar-refractivity contribution in [2.45, 2.75) is 13.1 Å². The van der Waals surface area contributed by atoms with E-state index in [2.05, 4.69) is 27.4 Å². The van der Waals surface area contributed by atoms with E-state index in [0.29, 0.717) is 29.8 Å². The second-order valence-electron chi connectivity index (χ2n) is 4.94. The Morgan fingerprint density at radius 3 is 3.00 bits per heavy atom. The largest absolute Gasteiger partial charge is 0.495 e. The minimum absolute atomic E-state index is 0.460. The molecular weight excluding hydrogens is 330 g/mol. The van der Waals surface area contributed by atoms with E-state index in [9.17, 15) is 0 Å². The molecular formula is C16H16ClN5O2. The van der Waals surface area contributed by atoms with Crippen LogP contribution < -0.4 is 10.1 Å². The summed E-state index contributed by atoms with van der Waals surface area (Å²) in [6, 6.07) is 9.29. The Bertz CT molecular complexity index is 843. The smallest absolute Gasteiger partial charge is 0.243 e. The normalized spacial score (nSPS) is 10.6. The number of benzene rings is 1. The van der Waals surface area contributed by atoms with Gasteiger partial charge in [0.15, 0.2) is 0 Å². The maximum Gasteiger partial charge on any atom is 0.243 e. The number of rotatable bonds is 7. The van der Waals surface area contributed by atoms with E-state index in [-0.39, 0.29) is 0 Å². The average Bonchev–Trinajstić information content (AvgIpc) is 3.22. The van der Waals surface area contributed by atoms with E-state index in [1.807, 2.05) is 24.3 Å². The molecule has 0 fully saturated rings. The number of allylic oxidation sites excluding steroid dienone is 1. The van der Waals surface area contributed by atoms with Gasteiger partial charge >= 0.3 is 0 Å². The van der Waals surface area contributed by atoms with E-state index in [4.69, 9.17) is 20.8 Å². The molecule has 0 atom stereocenters. The second kappa shape index (κ2) is 7.18. The standard InChI is InChI=1S/C16H16ClN5O2/c1-3-8-22-16(19-20-21-22)18-10-12-5-7-14(24-12)11-4-6-15(23-2)13(17)9-11/h3-7,9H,1,8,10H2,2H3,(H,18,19,21). The zero-order valence-electron chi connectivity index (χ0n) is 13.1. The van der Waals surface area contributed by atoms with Crippen LogP contribution in [-0.2, 0) is 13.1 Å². The summed E-state index contributed by atoms with van der Waals surface area (Å²) in [5.41, 5.74) is 0.878. The van der Waals surface area contributed by atoms with Gasteiger partial charge in [-0.1, -0.05) is 22.8 Å². The SMILES string of the molecule is C=CCn1nnnc1NCc1ccc(-c2ccc(OC)c(Cl)c2)o1. The molecule has 2 aromatic heterocycles. The number of methoxy groups -OCH3 is 1. The zero-order valence-corrected chi connectivity index (χ0v) is 13.8. The molecule has 3 rings (SSSR count). The fourth-order valence-corrected chi connectivity index (χ4v) is 2.45. The maximum absolute atomic E-state index is 6.15. The van der Waals surface area contributed by atoms with Gasteiger partial charge in [0, 0.05) is 5.56 Å². The summed E-state index contributed by atoms with van der Waals surface area (Å²) < 4.78 is 12.6. The third-order valence-electron chi connectivity index (χ3n) is 3.35. The predicted octanol–water partition coefficient (Wildman–Crippen LogP) is 3.39. The molecule has 0 radical (unpaired) electrons. The van der Waals surface area contributed by atoms with Crippen molar-refractivity contribution in [2.24, 2.45) is 0 Å². The van der Waals surface area contributed by atoms with Crippen LogP contribution in [0.4, 0.5) is 5.95 Å². The lowest BCUT2D eigenvalue weighted by atomic mass is 10.2. The number of tetrazole rings is 1. The number of nitrogens with zero attached hydrogens (tertiary/aromatic N) is 4. The quantitative estimate of drug-likeness (QED) is 0.661. The van der Waals surface area contributed by atoms with Crippen LogP contribution in [0.25, 0.3) is 11.3 Å². The van der Waals surface area contributed by atoms with Crippen molar-refractivity contribution in [3.63, 3.8) is 0 Å². The van der Waals surface area contributed by atoms with Gasteiger partial charge in [-0.25, -0.2) is 4.68 Å². The highest BCUT2D eigenvalue weighted by molar-refractivity contribution is 6.32. The molecule has 3 aromatic rings. The van der Waals surface area contributed by atoms with Crippen LogP contribution in [0.3, 0.4) is 0 Å². The number of nitrogens with one attached hydrogen (secondary N) is 1. The number of anilines is 1. The first-order valence-electron chi connectivity index (χ1n) is 7.25. The summed E-state index contributed by atoms with van der Waals surface area (Å²) in [7, 11) is 1.58. The van der Waals surface area contributed by atoms with E-state index in [1.165, 1.54) is 0 Å².